The Morgan fingerprint density at radius 2 is 1.91 bits per heavy atom. The molecule has 1 aliphatic rings. The molecule has 1 saturated carbocycles. The summed E-state index contributed by atoms with van der Waals surface area (Å²) >= 11 is 0. The molecule has 1 N–H and O–H groups in total. The first-order chi connectivity index (χ1) is 15.6. The summed E-state index contributed by atoms with van der Waals surface area (Å²) in [5.74, 6) is -0.00186. The number of nitrogens with one attached hydrogen (secondary N) is 1. The number of carbonyl (C=O) groups excluding carboxylic acids is 1. The lowest BCUT2D eigenvalue weighted by molar-refractivity contribution is -0.140. The largest absolute Gasteiger partial charge is 0.434 e. The van der Waals surface area contributed by atoms with Gasteiger partial charge in [0.05, 0.1) is 11.8 Å². The van der Waals surface area contributed by atoms with Crippen LogP contribution in [0.15, 0.2) is 30.6 Å². The number of pyridine rings is 1. The summed E-state index contributed by atoms with van der Waals surface area (Å²) in [7, 11) is 3.17. The highest BCUT2D eigenvalue weighted by atomic mass is 19.4. The molecule has 33 heavy (non-hydrogen) atoms. The molecule has 0 saturated heterocycles. The number of halogens is 5. The number of amides is 1. The van der Waals surface area contributed by atoms with Gasteiger partial charge in [-0.2, -0.15) is 18.3 Å². The number of imidazole rings is 1. The van der Waals surface area contributed by atoms with Crippen molar-refractivity contribution in [2.75, 3.05) is 11.9 Å². The highest BCUT2D eigenvalue weighted by Crippen LogP contribution is 2.32. The number of carbonyl (C=O) groups is 1. The summed E-state index contributed by atoms with van der Waals surface area (Å²) in [6, 6.07) is 4.76. The van der Waals surface area contributed by atoms with Crippen molar-refractivity contribution < 1.29 is 26.7 Å². The van der Waals surface area contributed by atoms with Crippen molar-refractivity contribution in [1.82, 2.24) is 24.5 Å². The molecule has 0 spiro atoms. The molecule has 1 fully saturated rings. The van der Waals surface area contributed by atoms with Crippen LogP contribution in [0.5, 0.6) is 0 Å². The molecule has 0 aliphatic heterocycles. The average molecular weight is 470 g/mol. The summed E-state index contributed by atoms with van der Waals surface area (Å²) in [6.45, 7) is 0. The third kappa shape index (κ3) is 4.51. The van der Waals surface area contributed by atoms with Gasteiger partial charge in [-0.25, -0.2) is 13.8 Å². The number of alkyl halides is 5. The molecule has 0 unspecified atom stereocenters. The number of fused-ring (bicyclic) bond motifs is 1. The molecule has 0 atom stereocenters. The number of hydrogen-bond acceptors (Lipinski definition) is 4. The lowest BCUT2D eigenvalue weighted by Gasteiger charge is -2.36. The Kier molecular flexibility index (Phi) is 6.02. The van der Waals surface area contributed by atoms with Gasteiger partial charge in [0, 0.05) is 32.4 Å². The maximum absolute atomic E-state index is 13.2. The van der Waals surface area contributed by atoms with Gasteiger partial charge in [-0.15, -0.1) is 0 Å². The van der Waals surface area contributed by atoms with E-state index in [-0.39, 0.29) is 23.3 Å². The van der Waals surface area contributed by atoms with Crippen LogP contribution in [0, 0.1) is 0 Å². The fourth-order valence-electron chi connectivity index (χ4n) is 4.36. The summed E-state index contributed by atoms with van der Waals surface area (Å²) in [4.78, 5) is 18.1. The van der Waals surface area contributed by atoms with Crippen molar-refractivity contribution in [3.8, 4) is 0 Å². The Morgan fingerprint density at radius 3 is 2.55 bits per heavy atom. The van der Waals surface area contributed by atoms with Gasteiger partial charge in [-0.3, -0.25) is 13.9 Å². The van der Waals surface area contributed by atoms with E-state index in [9.17, 15) is 26.7 Å². The molecule has 1 amide bonds. The van der Waals surface area contributed by atoms with E-state index in [0.29, 0.717) is 31.5 Å². The molecule has 1 aliphatic carbocycles. The van der Waals surface area contributed by atoms with E-state index in [1.54, 1.807) is 12.1 Å². The monoisotopic (exact) mass is 470 g/mol. The Balaban J connectivity index is 1.42. The van der Waals surface area contributed by atoms with Gasteiger partial charge >= 0.3 is 6.18 Å². The topological polar surface area (TPSA) is 67.5 Å². The van der Waals surface area contributed by atoms with Gasteiger partial charge < -0.3 is 10.2 Å². The molecule has 7 nitrogen and oxygen atoms in total. The molecular weight excluding hydrogens is 447 g/mol. The zero-order valence-corrected chi connectivity index (χ0v) is 18.0. The van der Waals surface area contributed by atoms with E-state index < -0.39 is 29.9 Å². The van der Waals surface area contributed by atoms with Crippen LogP contribution < -0.4 is 10.2 Å². The Hall–Kier alpha value is -3.18. The van der Waals surface area contributed by atoms with Gasteiger partial charge in [0.25, 0.3) is 12.3 Å². The van der Waals surface area contributed by atoms with Crippen molar-refractivity contribution >= 4 is 17.4 Å². The van der Waals surface area contributed by atoms with Crippen molar-refractivity contribution in [3.63, 3.8) is 0 Å². The SMILES string of the molecule is Cn1ncc(C(=O)N[C@H]2CC[C@@H](N(C)c3cccc4nc(C(F)(F)F)cn34)CC2)c1C(F)F. The predicted molar refractivity (Wildman–Crippen MR) is 110 cm³/mol. The Bertz CT molecular complexity index is 1150. The van der Waals surface area contributed by atoms with E-state index >= 15 is 0 Å². The van der Waals surface area contributed by atoms with Crippen LogP contribution in [-0.2, 0) is 13.2 Å². The predicted octanol–water partition coefficient (Wildman–Crippen LogP) is 4.20. The fraction of sp³-hybridized carbons (Fsp3) is 0.476. The minimum Gasteiger partial charge on any atom is -0.358 e. The van der Waals surface area contributed by atoms with Gasteiger partial charge in [-0.1, -0.05) is 6.07 Å². The number of rotatable bonds is 5. The molecule has 0 radical (unpaired) electrons. The molecule has 3 aromatic rings. The number of anilines is 1. The van der Waals surface area contributed by atoms with Gasteiger partial charge in [0.15, 0.2) is 5.69 Å². The number of nitrogens with zero attached hydrogens (tertiary/aromatic N) is 5. The van der Waals surface area contributed by atoms with E-state index in [2.05, 4.69) is 15.4 Å². The fourth-order valence-corrected chi connectivity index (χ4v) is 4.36. The van der Waals surface area contributed by atoms with Crippen molar-refractivity contribution in [2.45, 2.75) is 50.4 Å². The summed E-state index contributed by atoms with van der Waals surface area (Å²) in [5.41, 5.74) is -1.31. The first-order valence-corrected chi connectivity index (χ1v) is 10.4. The maximum atomic E-state index is 13.2. The van der Waals surface area contributed by atoms with Crippen LogP contribution in [-0.4, -0.2) is 44.2 Å². The third-order valence-electron chi connectivity index (χ3n) is 6.14. The molecule has 0 aromatic carbocycles. The maximum Gasteiger partial charge on any atom is 0.434 e. The molecular formula is C21H23F5N6O. The molecule has 4 rings (SSSR count). The zero-order chi connectivity index (χ0) is 23.9. The number of aromatic nitrogens is 4. The first kappa shape index (κ1) is 23.0. The van der Waals surface area contributed by atoms with Crippen molar-refractivity contribution in [1.29, 1.82) is 0 Å². The van der Waals surface area contributed by atoms with Crippen molar-refractivity contribution in [2.24, 2.45) is 7.05 Å². The molecule has 3 aromatic heterocycles. The molecule has 178 valence electrons. The third-order valence-corrected chi connectivity index (χ3v) is 6.14. The highest BCUT2D eigenvalue weighted by Gasteiger charge is 2.35. The lowest BCUT2D eigenvalue weighted by atomic mass is 9.90. The second-order valence-corrected chi connectivity index (χ2v) is 8.19. The number of hydrogen-bond donors (Lipinski definition) is 1. The second kappa shape index (κ2) is 8.64. The molecule has 12 heteroatoms. The lowest BCUT2D eigenvalue weighted by Crippen LogP contribution is -2.43. The van der Waals surface area contributed by atoms with Crippen molar-refractivity contribution in [3.05, 3.63) is 47.5 Å². The minimum absolute atomic E-state index is 0.0375. The Labute approximate surface area is 186 Å². The summed E-state index contributed by atoms with van der Waals surface area (Å²) in [5, 5.41) is 6.56. The van der Waals surface area contributed by atoms with E-state index in [4.69, 9.17) is 0 Å². The van der Waals surface area contributed by atoms with Gasteiger partial charge in [0.1, 0.15) is 17.2 Å². The van der Waals surface area contributed by atoms with E-state index in [1.165, 1.54) is 17.5 Å². The van der Waals surface area contributed by atoms with Crippen LogP contribution >= 0.6 is 0 Å². The highest BCUT2D eigenvalue weighted by molar-refractivity contribution is 5.95. The van der Waals surface area contributed by atoms with Crippen LogP contribution in [0.1, 0.15) is 53.9 Å². The molecule has 3 heterocycles. The van der Waals surface area contributed by atoms with Crippen LogP contribution in [0.3, 0.4) is 0 Å². The van der Waals surface area contributed by atoms with Crippen LogP contribution in [0.4, 0.5) is 27.8 Å². The standard InChI is InChI=1S/C21H23F5N6O/c1-30(17-5-3-4-16-29-15(11-32(16)17)21(24,25)26)13-8-6-12(7-9-13)28-20(33)14-10-27-31(2)18(14)19(22)23/h3-5,10-13,19H,6-9H2,1-2H3,(H,28,33)/t12-,13+. The van der Waals surface area contributed by atoms with Crippen LogP contribution in [0.25, 0.3) is 5.65 Å². The number of aryl methyl sites for hydroxylation is 1. The molecule has 0 bridgehead atoms. The average Bonchev–Trinajstić information content (AvgIpc) is 3.37. The van der Waals surface area contributed by atoms with Gasteiger partial charge in [0.2, 0.25) is 0 Å². The van der Waals surface area contributed by atoms with E-state index in [0.717, 1.165) is 17.1 Å². The quantitative estimate of drug-likeness (QED) is 0.568. The van der Waals surface area contributed by atoms with E-state index in [1.807, 2.05) is 11.9 Å². The zero-order valence-electron chi connectivity index (χ0n) is 18.0. The van der Waals surface area contributed by atoms with Gasteiger partial charge in [-0.05, 0) is 37.8 Å². The minimum atomic E-state index is -4.53. The second-order valence-electron chi connectivity index (χ2n) is 8.19. The Morgan fingerprint density at radius 1 is 1.21 bits per heavy atom. The smallest absolute Gasteiger partial charge is 0.358 e. The summed E-state index contributed by atoms with van der Waals surface area (Å²) < 4.78 is 68.1. The first-order valence-electron chi connectivity index (χ1n) is 10.4. The van der Waals surface area contributed by atoms with Crippen LogP contribution in [0.2, 0.25) is 0 Å². The normalized spacial score (nSPS) is 19.3. The summed E-state index contributed by atoms with van der Waals surface area (Å²) in [6.07, 6.45) is -2.65.